The van der Waals surface area contributed by atoms with Crippen LogP contribution in [0.2, 0.25) is 0 Å². The summed E-state index contributed by atoms with van der Waals surface area (Å²) >= 11 is 0. The van der Waals surface area contributed by atoms with Gasteiger partial charge in [-0.15, -0.1) is 0 Å². The average Bonchev–Trinajstić information content (AvgIpc) is 3.71. The number of para-hydroxylation sites is 1. The third-order valence-corrected chi connectivity index (χ3v) is 16.4. The Kier molecular flexibility index (Phi) is 8.79. The fourth-order valence-corrected chi connectivity index (χ4v) is 13.6. The first-order valence-corrected chi connectivity index (χ1v) is 22.3. The molecule has 0 radical (unpaired) electrons. The van der Waals surface area contributed by atoms with Crippen molar-refractivity contribution in [3.63, 3.8) is 0 Å². The van der Waals surface area contributed by atoms with E-state index in [4.69, 9.17) is 19.4 Å². The first kappa shape index (κ1) is 35.4. The summed E-state index contributed by atoms with van der Waals surface area (Å²) < 4.78 is 6.35. The minimum Gasteiger partial charge on any atom is -0.456 e. The highest BCUT2D eigenvalue weighted by molar-refractivity contribution is 7.19. The second-order valence-corrected chi connectivity index (χ2v) is 19.0. The van der Waals surface area contributed by atoms with Crippen LogP contribution in [-0.2, 0) is 0 Å². The number of hydrogen-bond acceptors (Lipinski definition) is 4. The molecule has 4 nitrogen and oxygen atoms in total. The minimum atomic E-state index is -2.81. The van der Waals surface area contributed by atoms with E-state index >= 15 is 0 Å². The van der Waals surface area contributed by atoms with Crippen molar-refractivity contribution in [1.82, 2.24) is 15.0 Å². The number of benzene rings is 9. The Morgan fingerprint density at radius 1 is 0.283 bits per heavy atom. The van der Waals surface area contributed by atoms with Gasteiger partial charge in [0.15, 0.2) is 25.5 Å². The Labute approximate surface area is 349 Å². The Morgan fingerprint density at radius 3 is 1.37 bits per heavy atom. The van der Waals surface area contributed by atoms with Gasteiger partial charge in [-0.05, 0) is 73.0 Å². The average molecular weight is 784 g/mol. The van der Waals surface area contributed by atoms with Gasteiger partial charge >= 0.3 is 0 Å². The van der Waals surface area contributed by atoms with E-state index in [1.54, 1.807) is 0 Å². The smallest absolute Gasteiger partial charge is 0.179 e. The van der Waals surface area contributed by atoms with Crippen LogP contribution in [0.15, 0.2) is 229 Å². The zero-order valence-corrected chi connectivity index (χ0v) is 33.6. The van der Waals surface area contributed by atoms with E-state index in [-0.39, 0.29) is 0 Å². The fourth-order valence-electron chi connectivity index (χ4n) is 8.78. The van der Waals surface area contributed by atoms with Crippen LogP contribution in [0, 0.1) is 0 Å². The molecule has 9 aromatic carbocycles. The number of rotatable bonds is 8. The molecule has 0 atom stereocenters. The molecule has 282 valence electrons. The Hall–Kier alpha value is -7.73. The number of nitrogens with zero attached hydrogens (tertiary/aromatic N) is 3. The molecule has 0 saturated heterocycles. The van der Waals surface area contributed by atoms with Crippen molar-refractivity contribution >= 4 is 61.5 Å². The van der Waals surface area contributed by atoms with Crippen LogP contribution in [0.25, 0.3) is 78.0 Å². The van der Waals surface area contributed by atoms with Crippen molar-refractivity contribution in [1.29, 1.82) is 0 Å². The normalized spacial score (nSPS) is 11.7. The monoisotopic (exact) mass is 783 g/mol. The van der Waals surface area contributed by atoms with E-state index in [1.807, 2.05) is 24.3 Å². The van der Waals surface area contributed by atoms with Gasteiger partial charge in [0, 0.05) is 27.5 Å². The Bertz CT molecular complexity index is 3220. The van der Waals surface area contributed by atoms with E-state index in [9.17, 15) is 0 Å². The largest absolute Gasteiger partial charge is 0.456 e. The molecule has 0 bridgehead atoms. The van der Waals surface area contributed by atoms with Crippen LogP contribution >= 0.6 is 0 Å². The summed E-state index contributed by atoms with van der Waals surface area (Å²) in [6.45, 7) is 0. The molecule has 11 aromatic rings. The summed E-state index contributed by atoms with van der Waals surface area (Å²) in [5.74, 6) is 1.80. The van der Waals surface area contributed by atoms with Gasteiger partial charge in [0.1, 0.15) is 11.2 Å². The standard InChI is InChI=1S/C55H37N3OSi/c1-5-16-38(17-6-1)40-30-28-39-29-31-42(35-44(39)34-40)54-56-53(57-55(58-54)43-32-33-50-49-26-13-14-27-51(49)59-52(50)37-43)41-18-15-25-48(36-41)60(45-19-7-2-8-20-45,46-21-9-3-10-22-46)47-23-11-4-12-24-47/h1-37H. The topological polar surface area (TPSA) is 51.8 Å². The van der Waals surface area contributed by atoms with Crippen LogP contribution in [0.4, 0.5) is 0 Å². The van der Waals surface area contributed by atoms with Gasteiger partial charge in [-0.25, -0.2) is 15.0 Å². The van der Waals surface area contributed by atoms with E-state index in [2.05, 4.69) is 200 Å². The summed E-state index contributed by atoms with van der Waals surface area (Å²) in [5, 5.41) is 9.58. The third kappa shape index (κ3) is 6.20. The molecule has 11 rings (SSSR count). The van der Waals surface area contributed by atoms with Crippen molar-refractivity contribution in [3.05, 3.63) is 224 Å². The lowest BCUT2D eigenvalue weighted by Crippen LogP contribution is -2.74. The Morgan fingerprint density at radius 2 is 0.733 bits per heavy atom. The molecule has 0 aliphatic rings. The molecule has 0 fully saturated rings. The van der Waals surface area contributed by atoms with Crippen LogP contribution in [-0.4, -0.2) is 23.0 Å². The lowest BCUT2D eigenvalue weighted by atomic mass is 10.00. The van der Waals surface area contributed by atoms with Gasteiger partial charge in [-0.1, -0.05) is 194 Å². The van der Waals surface area contributed by atoms with E-state index in [0.717, 1.165) is 55.0 Å². The lowest BCUT2D eigenvalue weighted by molar-refractivity contribution is 0.669. The highest BCUT2D eigenvalue weighted by Gasteiger charge is 2.41. The summed E-state index contributed by atoms with van der Waals surface area (Å²) in [5.41, 5.74) is 6.69. The van der Waals surface area contributed by atoms with E-state index in [0.29, 0.717) is 17.5 Å². The number of furan rings is 1. The zero-order valence-electron chi connectivity index (χ0n) is 32.6. The van der Waals surface area contributed by atoms with Gasteiger partial charge in [0.25, 0.3) is 0 Å². The molecule has 0 amide bonds. The predicted molar refractivity (Wildman–Crippen MR) is 250 cm³/mol. The number of hydrogen-bond donors (Lipinski definition) is 0. The molecule has 2 aromatic heterocycles. The second-order valence-electron chi connectivity index (χ2n) is 15.2. The number of fused-ring (bicyclic) bond motifs is 4. The molecule has 0 aliphatic carbocycles. The highest BCUT2D eigenvalue weighted by atomic mass is 28.3. The first-order chi connectivity index (χ1) is 29.7. The maximum atomic E-state index is 6.35. The molecule has 0 unspecified atom stereocenters. The van der Waals surface area contributed by atoms with Crippen molar-refractivity contribution in [2.24, 2.45) is 0 Å². The van der Waals surface area contributed by atoms with E-state index in [1.165, 1.54) is 26.3 Å². The zero-order chi connectivity index (χ0) is 39.9. The SMILES string of the molecule is c1ccc(-c2ccc3ccc(-c4nc(-c5cccc([Si](c6ccccc6)(c6ccccc6)c6ccccc6)c5)nc(-c5ccc6c(c5)oc5ccccc56)n4)cc3c2)cc1. The van der Waals surface area contributed by atoms with E-state index < -0.39 is 8.07 Å². The molecule has 0 saturated carbocycles. The van der Waals surface area contributed by atoms with Crippen molar-refractivity contribution < 1.29 is 4.42 Å². The molecule has 0 spiro atoms. The van der Waals surface area contributed by atoms with Crippen LogP contribution in [0.3, 0.4) is 0 Å². The lowest BCUT2D eigenvalue weighted by Gasteiger charge is -2.34. The van der Waals surface area contributed by atoms with Crippen LogP contribution in [0.1, 0.15) is 0 Å². The summed E-state index contributed by atoms with van der Waals surface area (Å²) in [4.78, 5) is 15.8. The number of aromatic nitrogens is 3. The molecule has 0 N–H and O–H groups in total. The molecule has 2 heterocycles. The summed E-state index contributed by atoms with van der Waals surface area (Å²) in [6, 6.07) is 79.8. The maximum Gasteiger partial charge on any atom is 0.179 e. The van der Waals surface area contributed by atoms with Crippen molar-refractivity contribution in [2.75, 3.05) is 0 Å². The van der Waals surface area contributed by atoms with Gasteiger partial charge < -0.3 is 4.42 Å². The van der Waals surface area contributed by atoms with Gasteiger partial charge in [0.2, 0.25) is 0 Å². The quantitative estimate of drug-likeness (QED) is 0.114. The third-order valence-electron chi connectivity index (χ3n) is 11.7. The Balaban J connectivity index is 1.12. The van der Waals surface area contributed by atoms with Crippen molar-refractivity contribution in [2.45, 2.75) is 0 Å². The summed E-state index contributed by atoms with van der Waals surface area (Å²) in [7, 11) is -2.81. The molecular weight excluding hydrogens is 747 g/mol. The summed E-state index contributed by atoms with van der Waals surface area (Å²) in [6.07, 6.45) is 0. The van der Waals surface area contributed by atoms with Gasteiger partial charge in [-0.2, -0.15) is 0 Å². The van der Waals surface area contributed by atoms with Crippen LogP contribution < -0.4 is 20.7 Å². The second kappa shape index (κ2) is 14.9. The molecule has 5 heteroatoms. The fraction of sp³-hybridized carbons (Fsp3) is 0. The minimum absolute atomic E-state index is 0.582. The predicted octanol–water partition coefficient (Wildman–Crippen LogP) is 11.0. The molecular formula is C55H37N3OSi. The maximum absolute atomic E-state index is 6.35. The van der Waals surface area contributed by atoms with Crippen LogP contribution in [0.5, 0.6) is 0 Å². The first-order valence-electron chi connectivity index (χ1n) is 20.3. The molecule has 0 aliphatic heterocycles. The van der Waals surface area contributed by atoms with Gasteiger partial charge in [-0.3, -0.25) is 0 Å². The highest BCUT2D eigenvalue weighted by Crippen LogP contribution is 2.33. The molecule has 60 heavy (non-hydrogen) atoms. The van der Waals surface area contributed by atoms with Gasteiger partial charge in [0.05, 0.1) is 0 Å². The van der Waals surface area contributed by atoms with Crippen molar-refractivity contribution in [3.8, 4) is 45.3 Å².